The number of hydrogen-bond donors (Lipinski definition) is 2. The number of hydrogen-bond acceptors (Lipinski definition) is 4. The van der Waals surface area contributed by atoms with E-state index in [1.165, 1.54) is 23.2 Å². The second kappa shape index (κ2) is 8.64. The number of nitrogens with zero attached hydrogens (tertiary/aromatic N) is 4. The molecule has 2 aromatic rings. The first-order chi connectivity index (χ1) is 14.2. The molecule has 0 aromatic heterocycles. The van der Waals surface area contributed by atoms with Gasteiger partial charge in [0.25, 0.3) is 0 Å². The number of benzene rings is 2. The lowest BCUT2D eigenvalue weighted by Crippen LogP contribution is -2.52. The van der Waals surface area contributed by atoms with Crippen molar-refractivity contribution < 1.29 is 5.11 Å². The third-order valence-corrected chi connectivity index (χ3v) is 5.96. The first-order valence-electron chi connectivity index (χ1n) is 10.5. The lowest BCUT2D eigenvalue weighted by Gasteiger charge is -2.37. The van der Waals surface area contributed by atoms with Gasteiger partial charge in [-0.2, -0.15) is 0 Å². The molecule has 0 aliphatic carbocycles. The van der Waals surface area contributed by atoms with E-state index in [1.54, 1.807) is 6.07 Å². The maximum atomic E-state index is 10.1. The van der Waals surface area contributed by atoms with Crippen LogP contribution in [0.1, 0.15) is 17.5 Å². The lowest BCUT2D eigenvalue weighted by atomic mass is 9.99. The minimum atomic E-state index is 0.349. The molecular formula is C23H31N5O. The Morgan fingerprint density at radius 1 is 1.03 bits per heavy atom. The van der Waals surface area contributed by atoms with Crippen LogP contribution in [0.3, 0.4) is 0 Å². The number of aromatic hydroxyl groups is 1. The predicted molar refractivity (Wildman–Crippen MR) is 120 cm³/mol. The molecule has 2 heterocycles. The molecule has 0 atom stereocenters. The molecule has 0 saturated carbocycles. The number of guanidine groups is 1. The van der Waals surface area contributed by atoms with Crippen LogP contribution in [0.5, 0.6) is 5.75 Å². The van der Waals surface area contributed by atoms with E-state index in [0.717, 1.165) is 57.3 Å². The van der Waals surface area contributed by atoms with Gasteiger partial charge in [-0.15, -0.1) is 0 Å². The van der Waals surface area contributed by atoms with E-state index in [2.05, 4.69) is 50.3 Å². The number of nitrogens with one attached hydrogen (secondary N) is 1. The van der Waals surface area contributed by atoms with E-state index in [1.807, 2.05) is 25.2 Å². The molecule has 6 nitrogen and oxygen atoms in total. The Kier molecular flexibility index (Phi) is 5.79. The van der Waals surface area contributed by atoms with Crippen LogP contribution in [0.4, 0.5) is 11.4 Å². The number of rotatable bonds is 3. The number of anilines is 2. The van der Waals surface area contributed by atoms with Crippen LogP contribution in [0.25, 0.3) is 0 Å². The van der Waals surface area contributed by atoms with Gasteiger partial charge in [0, 0.05) is 59.1 Å². The van der Waals surface area contributed by atoms with Crippen molar-refractivity contribution >= 4 is 17.3 Å². The van der Waals surface area contributed by atoms with Crippen molar-refractivity contribution in [1.29, 1.82) is 0 Å². The molecule has 6 heteroatoms. The van der Waals surface area contributed by atoms with Crippen LogP contribution in [-0.4, -0.2) is 62.8 Å². The normalized spacial score (nSPS) is 17.3. The van der Waals surface area contributed by atoms with Gasteiger partial charge in [-0.3, -0.25) is 4.99 Å². The Balaban J connectivity index is 1.34. The van der Waals surface area contributed by atoms with E-state index >= 15 is 0 Å². The molecule has 0 amide bonds. The Morgan fingerprint density at radius 3 is 2.59 bits per heavy atom. The smallest absolute Gasteiger partial charge is 0.194 e. The van der Waals surface area contributed by atoms with Crippen molar-refractivity contribution in [2.45, 2.75) is 19.4 Å². The lowest BCUT2D eigenvalue weighted by molar-refractivity contribution is 0.369. The Hall–Kier alpha value is -2.89. The highest BCUT2D eigenvalue weighted by Crippen LogP contribution is 2.28. The molecule has 1 saturated heterocycles. The summed E-state index contributed by atoms with van der Waals surface area (Å²) in [6.45, 7) is 5.41. The third kappa shape index (κ3) is 4.26. The Bertz CT molecular complexity index is 873. The second-order valence-corrected chi connectivity index (χ2v) is 7.85. The minimum absolute atomic E-state index is 0.349. The molecule has 4 rings (SSSR count). The van der Waals surface area contributed by atoms with Gasteiger partial charge in [-0.25, -0.2) is 0 Å². The molecule has 1 fully saturated rings. The molecule has 0 radical (unpaired) electrons. The van der Waals surface area contributed by atoms with Gasteiger partial charge in [-0.05, 0) is 42.2 Å². The average molecular weight is 394 g/mol. The van der Waals surface area contributed by atoms with Crippen LogP contribution < -0.4 is 15.1 Å². The Morgan fingerprint density at radius 2 is 1.83 bits per heavy atom. The molecular weight excluding hydrogens is 362 g/mol. The number of aliphatic imine (C=N–C) groups is 1. The van der Waals surface area contributed by atoms with E-state index in [9.17, 15) is 5.11 Å². The van der Waals surface area contributed by atoms with E-state index in [4.69, 9.17) is 0 Å². The molecule has 2 aromatic carbocycles. The van der Waals surface area contributed by atoms with Crippen molar-refractivity contribution in [3.8, 4) is 5.75 Å². The number of piperazine rings is 1. The zero-order valence-electron chi connectivity index (χ0n) is 17.4. The summed E-state index contributed by atoms with van der Waals surface area (Å²) in [5, 5.41) is 13.6. The van der Waals surface area contributed by atoms with Crippen LogP contribution in [0.2, 0.25) is 0 Å². The van der Waals surface area contributed by atoms with Crippen molar-refractivity contribution in [1.82, 2.24) is 10.2 Å². The maximum absolute atomic E-state index is 10.1. The van der Waals surface area contributed by atoms with Gasteiger partial charge in [0.1, 0.15) is 5.75 Å². The number of para-hydroxylation sites is 2. The fourth-order valence-corrected chi connectivity index (χ4v) is 4.35. The summed E-state index contributed by atoms with van der Waals surface area (Å²) in [6, 6.07) is 14.4. The molecule has 29 heavy (non-hydrogen) atoms. The van der Waals surface area contributed by atoms with Gasteiger partial charge in [0.2, 0.25) is 0 Å². The summed E-state index contributed by atoms with van der Waals surface area (Å²) in [7, 11) is 4.02. The van der Waals surface area contributed by atoms with Crippen molar-refractivity contribution in [3.63, 3.8) is 0 Å². The van der Waals surface area contributed by atoms with Crippen molar-refractivity contribution in [2.24, 2.45) is 4.99 Å². The number of phenols is 1. The number of phenolic OH excluding ortho intramolecular Hbond substituents is 1. The molecule has 0 unspecified atom stereocenters. The van der Waals surface area contributed by atoms with E-state index in [0.29, 0.717) is 5.75 Å². The highest BCUT2D eigenvalue weighted by Gasteiger charge is 2.21. The van der Waals surface area contributed by atoms with Crippen LogP contribution in [-0.2, 0) is 13.0 Å². The highest BCUT2D eigenvalue weighted by molar-refractivity contribution is 5.80. The van der Waals surface area contributed by atoms with Crippen LogP contribution in [0.15, 0.2) is 47.5 Å². The van der Waals surface area contributed by atoms with Crippen LogP contribution >= 0.6 is 0 Å². The molecule has 2 aliphatic heterocycles. The number of fused-ring (bicyclic) bond motifs is 1. The standard InChI is InChI=1S/C23H31N5O/c1-24-23(25-17-18-9-10-20-19(16-18)6-5-11-26(20)2)28-14-12-27(13-15-28)21-7-3-4-8-22(21)29/h3-4,7-10,16,29H,5-6,11-15,17H2,1-2H3,(H,24,25). The summed E-state index contributed by atoms with van der Waals surface area (Å²) < 4.78 is 0. The molecule has 0 bridgehead atoms. The van der Waals surface area contributed by atoms with Gasteiger partial charge >= 0.3 is 0 Å². The Labute approximate surface area is 173 Å². The first kappa shape index (κ1) is 19.4. The van der Waals surface area contributed by atoms with E-state index in [-0.39, 0.29) is 0 Å². The monoisotopic (exact) mass is 393 g/mol. The van der Waals surface area contributed by atoms with Crippen LogP contribution in [0, 0.1) is 0 Å². The van der Waals surface area contributed by atoms with E-state index < -0.39 is 0 Å². The predicted octanol–water partition coefficient (Wildman–Crippen LogP) is 2.67. The number of aryl methyl sites for hydroxylation is 1. The topological polar surface area (TPSA) is 54.3 Å². The summed E-state index contributed by atoms with van der Waals surface area (Å²) in [5.41, 5.74) is 5.02. The van der Waals surface area contributed by atoms with Crippen molar-refractivity contribution in [3.05, 3.63) is 53.6 Å². The molecule has 0 spiro atoms. The summed E-state index contributed by atoms with van der Waals surface area (Å²) in [6.07, 6.45) is 2.39. The fourth-order valence-electron chi connectivity index (χ4n) is 4.35. The zero-order chi connectivity index (χ0) is 20.2. The average Bonchev–Trinajstić information content (AvgIpc) is 2.75. The second-order valence-electron chi connectivity index (χ2n) is 7.85. The van der Waals surface area contributed by atoms with Gasteiger partial charge in [0.15, 0.2) is 5.96 Å². The van der Waals surface area contributed by atoms with Gasteiger partial charge in [0.05, 0.1) is 5.69 Å². The summed E-state index contributed by atoms with van der Waals surface area (Å²) in [4.78, 5) is 11.4. The van der Waals surface area contributed by atoms with Gasteiger partial charge in [-0.1, -0.05) is 24.3 Å². The highest BCUT2D eigenvalue weighted by atomic mass is 16.3. The molecule has 154 valence electrons. The van der Waals surface area contributed by atoms with Crippen molar-refractivity contribution in [2.75, 3.05) is 56.6 Å². The first-order valence-corrected chi connectivity index (χ1v) is 10.5. The SMILES string of the molecule is CN=C(NCc1ccc2c(c1)CCCN2C)N1CCN(c2ccccc2O)CC1. The maximum Gasteiger partial charge on any atom is 0.194 e. The largest absolute Gasteiger partial charge is 0.506 e. The third-order valence-electron chi connectivity index (χ3n) is 5.96. The zero-order valence-corrected chi connectivity index (χ0v) is 17.4. The quantitative estimate of drug-likeness (QED) is 0.620. The summed E-state index contributed by atoms with van der Waals surface area (Å²) in [5.74, 6) is 1.29. The minimum Gasteiger partial charge on any atom is -0.506 e. The molecule has 2 N–H and O–H groups in total. The fraction of sp³-hybridized carbons (Fsp3) is 0.435. The van der Waals surface area contributed by atoms with Gasteiger partial charge < -0.3 is 25.1 Å². The molecule has 2 aliphatic rings. The summed E-state index contributed by atoms with van der Waals surface area (Å²) >= 11 is 0.